The Kier molecular flexibility index (Phi) is 6.33. The first-order valence-electron chi connectivity index (χ1n) is 3.62. The largest absolute Gasteiger partial charge is 0.252 e. The van der Waals surface area contributed by atoms with Crippen molar-refractivity contribution < 1.29 is 4.89 Å². The molecule has 62 valence electrons. The Morgan fingerprint density at radius 1 is 1.20 bits per heavy atom. The standard InChI is InChI=1S/C6H16OPS2/c1-2-3-4-5-6-8(7,9)10/h7,9-10H,2-6H2,1H3/q+1. The molecule has 0 atom stereocenters. The van der Waals surface area contributed by atoms with Crippen LogP contribution >= 0.6 is 30.4 Å². The van der Waals surface area contributed by atoms with Gasteiger partial charge in [0.05, 0.1) is 0 Å². The predicted molar refractivity (Wildman–Crippen MR) is 56.1 cm³/mol. The lowest BCUT2D eigenvalue weighted by Gasteiger charge is -2.03. The van der Waals surface area contributed by atoms with Crippen LogP contribution in [0, 0.1) is 0 Å². The van der Waals surface area contributed by atoms with E-state index >= 15 is 0 Å². The third-order valence-corrected chi connectivity index (χ3v) is 3.43. The molecule has 0 aromatic rings. The summed E-state index contributed by atoms with van der Waals surface area (Å²) in [5.74, 6) is -2.07. The maximum absolute atomic E-state index is 9.16. The number of hydrogen-bond donors (Lipinski definition) is 3. The van der Waals surface area contributed by atoms with Crippen LogP contribution in [0.1, 0.15) is 32.6 Å². The molecule has 4 heteroatoms. The maximum atomic E-state index is 9.16. The van der Waals surface area contributed by atoms with Gasteiger partial charge in [-0.1, -0.05) is 19.8 Å². The van der Waals surface area contributed by atoms with Gasteiger partial charge in [-0.25, -0.2) is 4.89 Å². The van der Waals surface area contributed by atoms with Gasteiger partial charge in [-0.05, 0) is 12.8 Å². The summed E-state index contributed by atoms with van der Waals surface area (Å²) in [6, 6.07) is 0. The molecule has 0 bridgehead atoms. The van der Waals surface area contributed by atoms with E-state index < -0.39 is 5.89 Å². The van der Waals surface area contributed by atoms with E-state index in [4.69, 9.17) is 4.89 Å². The van der Waals surface area contributed by atoms with Crippen LogP contribution in [0.25, 0.3) is 0 Å². The molecule has 0 aromatic carbocycles. The van der Waals surface area contributed by atoms with E-state index in [-0.39, 0.29) is 0 Å². The summed E-state index contributed by atoms with van der Waals surface area (Å²) >= 11 is 7.98. The van der Waals surface area contributed by atoms with Gasteiger partial charge in [0.1, 0.15) is 6.16 Å². The monoisotopic (exact) mass is 199 g/mol. The highest BCUT2D eigenvalue weighted by Gasteiger charge is 2.23. The molecule has 0 aromatic heterocycles. The van der Waals surface area contributed by atoms with Crippen LogP contribution in [0.5, 0.6) is 0 Å². The highest BCUT2D eigenvalue weighted by molar-refractivity contribution is 8.83. The Morgan fingerprint density at radius 2 is 1.80 bits per heavy atom. The molecule has 0 unspecified atom stereocenters. The van der Waals surface area contributed by atoms with Gasteiger partial charge in [-0.15, -0.1) is 0 Å². The molecule has 0 amide bonds. The molecule has 0 aliphatic rings. The van der Waals surface area contributed by atoms with Crippen LogP contribution in [0.15, 0.2) is 0 Å². The van der Waals surface area contributed by atoms with Crippen LogP contribution in [0.2, 0.25) is 0 Å². The molecule has 0 aliphatic heterocycles. The number of rotatable bonds is 5. The zero-order valence-corrected chi connectivity index (χ0v) is 9.01. The molecule has 0 heterocycles. The first kappa shape index (κ1) is 11.1. The van der Waals surface area contributed by atoms with Gasteiger partial charge in [0, 0.05) is 24.5 Å². The zero-order chi connectivity index (χ0) is 8.04. The lowest BCUT2D eigenvalue weighted by atomic mass is 10.2. The van der Waals surface area contributed by atoms with E-state index in [1.165, 1.54) is 19.3 Å². The fourth-order valence-electron chi connectivity index (χ4n) is 0.751. The van der Waals surface area contributed by atoms with Gasteiger partial charge in [-0.3, -0.25) is 0 Å². The zero-order valence-electron chi connectivity index (χ0n) is 6.32. The first-order valence-corrected chi connectivity index (χ1v) is 7.86. The van der Waals surface area contributed by atoms with Crippen molar-refractivity contribution in [1.82, 2.24) is 0 Å². The number of hydrogen-bond acceptors (Lipinski definition) is 3. The minimum atomic E-state index is -2.07. The SMILES string of the molecule is CCCCCC[P+](O)(S)S. The predicted octanol–water partition coefficient (Wildman–Crippen LogP) is 3.18. The second kappa shape index (κ2) is 5.70. The Labute approximate surface area is 74.3 Å². The smallest absolute Gasteiger partial charge is 0.228 e. The van der Waals surface area contributed by atoms with Gasteiger partial charge in [0.25, 0.3) is 5.89 Å². The van der Waals surface area contributed by atoms with E-state index in [9.17, 15) is 0 Å². The van der Waals surface area contributed by atoms with Crippen LogP contribution < -0.4 is 0 Å². The minimum absolute atomic E-state index is 0.777. The van der Waals surface area contributed by atoms with Crippen LogP contribution in [0.3, 0.4) is 0 Å². The molecule has 0 saturated carbocycles. The van der Waals surface area contributed by atoms with Crippen LogP contribution in [-0.2, 0) is 0 Å². The van der Waals surface area contributed by atoms with Crippen LogP contribution in [-0.4, -0.2) is 11.1 Å². The average molecular weight is 199 g/mol. The molecule has 1 nitrogen and oxygen atoms in total. The van der Waals surface area contributed by atoms with Gasteiger partial charge in [0.2, 0.25) is 0 Å². The van der Waals surface area contributed by atoms with Crippen molar-refractivity contribution >= 4 is 30.4 Å². The average Bonchev–Trinajstić information content (AvgIpc) is 1.78. The lowest BCUT2D eigenvalue weighted by molar-refractivity contribution is 0.624. The quantitative estimate of drug-likeness (QED) is 0.353. The fraction of sp³-hybridized carbons (Fsp3) is 1.00. The molecular formula is C6H16OPS2+. The van der Waals surface area contributed by atoms with E-state index in [0.29, 0.717) is 0 Å². The van der Waals surface area contributed by atoms with E-state index in [1.807, 2.05) is 0 Å². The topological polar surface area (TPSA) is 20.2 Å². The van der Waals surface area contributed by atoms with E-state index in [2.05, 4.69) is 31.4 Å². The summed E-state index contributed by atoms with van der Waals surface area (Å²) in [5, 5.41) is 0. The molecule has 0 aliphatic carbocycles. The van der Waals surface area contributed by atoms with Gasteiger partial charge >= 0.3 is 0 Å². The fourth-order valence-corrected chi connectivity index (χ4v) is 2.25. The van der Waals surface area contributed by atoms with Gasteiger partial charge in [-0.2, -0.15) is 0 Å². The normalized spacial score (nSPS) is 12.0. The van der Waals surface area contributed by atoms with E-state index in [0.717, 1.165) is 12.6 Å². The molecule has 0 fully saturated rings. The molecule has 0 spiro atoms. The summed E-state index contributed by atoms with van der Waals surface area (Å²) in [4.78, 5) is 9.16. The minimum Gasteiger partial charge on any atom is -0.228 e. The summed E-state index contributed by atoms with van der Waals surface area (Å²) in [6.45, 7) is 2.17. The second-order valence-electron chi connectivity index (χ2n) is 2.48. The highest BCUT2D eigenvalue weighted by atomic mass is 33.1. The number of unbranched alkanes of at least 4 members (excludes halogenated alkanes) is 3. The molecule has 0 radical (unpaired) electrons. The second-order valence-corrected chi connectivity index (χ2v) is 9.23. The third kappa shape index (κ3) is 9.09. The molecule has 0 rings (SSSR count). The van der Waals surface area contributed by atoms with Crippen molar-refractivity contribution in [1.29, 1.82) is 0 Å². The van der Waals surface area contributed by atoms with Crippen molar-refractivity contribution in [2.45, 2.75) is 32.6 Å². The first-order chi connectivity index (χ1) is 4.56. The summed E-state index contributed by atoms with van der Waals surface area (Å²) in [7, 11) is 0. The van der Waals surface area contributed by atoms with Crippen molar-refractivity contribution in [3.63, 3.8) is 0 Å². The number of thiol groups is 2. The van der Waals surface area contributed by atoms with Gasteiger partial charge in [0.15, 0.2) is 0 Å². The summed E-state index contributed by atoms with van der Waals surface area (Å²) in [5.41, 5.74) is 0. The van der Waals surface area contributed by atoms with Crippen molar-refractivity contribution in [2.75, 3.05) is 6.16 Å². The Balaban J connectivity index is 3.04. The Hall–Kier alpha value is 1.09. The summed E-state index contributed by atoms with van der Waals surface area (Å²) < 4.78 is 0. The van der Waals surface area contributed by atoms with Crippen molar-refractivity contribution in [3.05, 3.63) is 0 Å². The van der Waals surface area contributed by atoms with Crippen molar-refractivity contribution in [3.8, 4) is 0 Å². The van der Waals surface area contributed by atoms with E-state index in [1.54, 1.807) is 0 Å². The highest BCUT2D eigenvalue weighted by Crippen LogP contribution is 2.64. The molecular weight excluding hydrogens is 183 g/mol. The van der Waals surface area contributed by atoms with Crippen molar-refractivity contribution in [2.24, 2.45) is 0 Å². The van der Waals surface area contributed by atoms with Gasteiger partial charge < -0.3 is 0 Å². The maximum Gasteiger partial charge on any atom is 0.252 e. The van der Waals surface area contributed by atoms with Crippen LogP contribution in [0.4, 0.5) is 0 Å². The Morgan fingerprint density at radius 3 is 2.20 bits per heavy atom. The third-order valence-electron chi connectivity index (χ3n) is 1.31. The molecule has 0 saturated heterocycles. The molecule has 10 heavy (non-hydrogen) atoms. The Bertz CT molecular complexity index is 82.3. The summed E-state index contributed by atoms with van der Waals surface area (Å²) in [6.07, 6.45) is 5.52. The molecule has 1 N–H and O–H groups in total. The lowest BCUT2D eigenvalue weighted by Crippen LogP contribution is -1.84.